The summed E-state index contributed by atoms with van der Waals surface area (Å²) >= 11 is 0. The average molecular weight is 343 g/mol. The van der Waals surface area contributed by atoms with E-state index in [1.807, 2.05) is 18.2 Å². The fourth-order valence-corrected chi connectivity index (χ4v) is 3.94. The molecule has 5 heteroatoms. The van der Waals surface area contributed by atoms with Crippen LogP contribution < -0.4 is 15.0 Å². The molecule has 4 rings (SSSR count). The number of Topliss-reactive ketones (excluding diaryl/α,β-unsaturated/α-hetero) is 1. The Morgan fingerprint density at radius 3 is 2.64 bits per heavy atom. The number of carbonyl (C=O) groups is 1. The van der Waals surface area contributed by atoms with Crippen molar-refractivity contribution in [3.05, 3.63) is 29.8 Å². The van der Waals surface area contributed by atoms with Gasteiger partial charge in [-0.25, -0.2) is 0 Å². The molecule has 134 valence electrons. The number of hydroxylamine groups is 1. The molecule has 1 aromatic rings. The normalized spacial score (nSPS) is 22.8. The number of ether oxygens (including phenoxy) is 2. The van der Waals surface area contributed by atoms with E-state index < -0.39 is 0 Å². The maximum atomic E-state index is 11.5. The molecule has 0 amide bonds. The summed E-state index contributed by atoms with van der Waals surface area (Å²) in [7, 11) is 1.67. The lowest BCUT2D eigenvalue weighted by Crippen LogP contribution is -2.34. The Hall–Kier alpha value is -2.01. The van der Waals surface area contributed by atoms with Gasteiger partial charge in [0.05, 0.1) is 18.9 Å². The largest absolute Gasteiger partial charge is 0.493 e. The van der Waals surface area contributed by atoms with Crippen LogP contribution in [0.5, 0.6) is 11.5 Å². The number of methoxy groups -OCH3 is 1. The Labute approximate surface area is 148 Å². The number of hydrogen-bond donors (Lipinski definition) is 1. The number of ketones is 1. The van der Waals surface area contributed by atoms with Gasteiger partial charge in [-0.15, -0.1) is 0 Å². The van der Waals surface area contributed by atoms with Crippen molar-refractivity contribution in [3.63, 3.8) is 0 Å². The predicted molar refractivity (Wildman–Crippen MR) is 94.3 cm³/mol. The molecule has 1 aromatic carbocycles. The second-order valence-corrected chi connectivity index (χ2v) is 7.26. The van der Waals surface area contributed by atoms with E-state index in [4.69, 9.17) is 14.3 Å². The average Bonchev–Trinajstić information content (AvgIpc) is 3.28. The third kappa shape index (κ3) is 3.38. The number of nitrogens with one attached hydrogen (secondary N) is 1. The quantitative estimate of drug-likeness (QED) is 0.902. The molecule has 5 nitrogen and oxygen atoms in total. The summed E-state index contributed by atoms with van der Waals surface area (Å²) in [5.41, 5.74) is 4.66. The highest BCUT2D eigenvalue weighted by molar-refractivity contribution is 5.80. The highest BCUT2D eigenvalue weighted by atomic mass is 16.7. The van der Waals surface area contributed by atoms with Crippen LogP contribution in [0.1, 0.15) is 56.9 Å². The third-order valence-corrected chi connectivity index (χ3v) is 5.50. The highest BCUT2D eigenvalue weighted by Gasteiger charge is 2.39. The number of rotatable bonds is 4. The number of carbonyl (C=O) groups excluding carboxylic acids is 1. The van der Waals surface area contributed by atoms with Gasteiger partial charge in [-0.05, 0) is 62.8 Å². The van der Waals surface area contributed by atoms with E-state index >= 15 is 0 Å². The van der Waals surface area contributed by atoms with Crippen molar-refractivity contribution in [2.24, 2.45) is 0 Å². The molecule has 0 atom stereocenters. The highest BCUT2D eigenvalue weighted by Crippen LogP contribution is 2.39. The van der Waals surface area contributed by atoms with Gasteiger partial charge in [0.15, 0.2) is 11.5 Å². The van der Waals surface area contributed by atoms with Crippen LogP contribution in [0, 0.1) is 0 Å². The van der Waals surface area contributed by atoms with Gasteiger partial charge in [0, 0.05) is 18.4 Å². The first-order valence-electron chi connectivity index (χ1n) is 9.21. The SMILES string of the molecule is COc1ccc(C2=CC3(CCC(=O)CC3)ON2)cc1OC1CCCC1. The van der Waals surface area contributed by atoms with Gasteiger partial charge in [0.25, 0.3) is 0 Å². The van der Waals surface area contributed by atoms with Crippen molar-refractivity contribution < 1.29 is 19.1 Å². The number of benzene rings is 1. The van der Waals surface area contributed by atoms with E-state index in [1.165, 1.54) is 12.8 Å². The Balaban J connectivity index is 1.56. The topological polar surface area (TPSA) is 56.8 Å². The molecule has 0 aromatic heterocycles. The van der Waals surface area contributed by atoms with Crippen LogP contribution in [-0.2, 0) is 9.63 Å². The summed E-state index contributed by atoms with van der Waals surface area (Å²) in [6.07, 6.45) is 9.73. The second-order valence-electron chi connectivity index (χ2n) is 7.26. The van der Waals surface area contributed by atoms with Gasteiger partial charge in [0.1, 0.15) is 11.4 Å². The molecular weight excluding hydrogens is 318 g/mol. The third-order valence-electron chi connectivity index (χ3n) is 5.50. The van der Waals surface area contributed by atoms with Crippen LogP contribution in [0.3, 0.4) is 0 Å². The molecule has 0 unspecified atom stereocenters. The molecule has 0 radical (unpaired) electrons. The zero-order chi connectivity index (χ0) is 17.3. The van der Waals surface area contributed by atoms with Crippen molar-refractivity contribution in [2.45, 2.75) is 63.1 Å². The van der Waals surface area contributed by atoms with Gasteiger partial charge in [-0.3, -0.25) is 15.1 Å². The lowest BCUT2D eigenvalue weighted by atomic mass is 9.83. The summed E-state index contributed by atoms with van der Waals surface area (Å²) in [4.78, 5) is 17.4. The van der Waals surface area contributed by atoms with Crippen LogP contribution >= 0.6 is 0 Å². The molecule has 1 aliphatic heterocycles. The zero-order valence-electron chi connectivity index (χ0n) is 14.7. The molecule has 1 N–H and O–H groups in total. The van der Waals surface area contributed by atoms with Gasteiger partial charge in [-0.1, -0.05) is 0 Å². The van der Waals surface area contributed by atoms with Crippen molar-refractivity contribution in [3.8, 4) is 11.5 Å². The molecule has 0 bridgehead atoms. The lowest BCUT2D eigenvalue weighted by Gasteiger charge is -2.28. The molecular formula is C20H25NO4. The van der Waals surface area contributed by atoms with Crippen molar-refractivity contribution in [1.82, 2.24) is 5.48 Å². The molecule has 0 saturated heterocycles. The second kappa shape index (κ2) is 6.71. The van der Waals surface area contributed by atoms with E-state index in [0.29, 0.717) is 18.6 Å². The monoisotopic (exact) mass is 343 g/mol. The molecule has 2 saturated carbocycles. The van der Waals surface area contributed by atoms with Crippen molar-refractivity contribution in [1.29, 1.82) is 0 Å². The first-order chi connectivity index (χ1) is 12.2. The van der Waals surface area contributed by atoms with Gasteiger partial charge < -0.3 is 9.47 Å². The molecule has 3 aliphatic rings. The maximum Gasteiger partial charge on any atom is 0.162 e. The van der Waals surface area contributed by atoms with E-state index in [-0.39, 0.29) is 11.7 Å². The Morgan fingerprint density at radius 2 is 1.92 bits per heavy atom. The Bertz CT molecular complexity index is 681. The maximum absolute atomic E-state index is 11.5. The Morgan fingerprint density at radius 1 is 1.16 bits per heavy atom. The summed E-state index contributed by atoms with van der Waals surface area (Å²) in [5.74, 6) is 1.87. The van der Waals surface area contributed by atoms with Crippen LogP contribution in [0.15, 0.2) is 24.3 Å². The standard InChI is InChI=1S/C20H25NO4/c1-23-18-7-6-14(12-19(18)24-16-4-2-3-5-16)17-13-20(25-21-17)10-8-15(22)9-11-20/h6-7,12-13,16,21H,2-5,8-11H2,1H3. The van der Waals surface area contributed by atoms with Crippen LogP contribution in [-0.4, -0.2) is 24.6 Å². The first kappa shape index (κ1) is 16.5. The fraction of sp³-hybridized carbons (Fsp3) is 0.550. The molecule has 2 aliphatic carbocycles. The van der Waals surface area contributed by atoms with E-state index in [9.17, 15) is 4.79 Å². The molecule has 2 fully saturated rings. The predicted octanol–water partition coefficient (Wildman–Crippen LogP) is 3.77. The van der Waals surface area contributed by atoms with Crippen LogP contribution in [0.4, 0.5) is 0 Å². The van der Waals surface area contributed by atoms with Crippen LogP contribution in [0.2, 0.25) is 0 Å². The fourth-order valence-electron chi connectivity index (χ4n) is 3.94. The lowest BCUT2D eigenvalue weighted by molar-refractivity contribution is -0.127. The summed E-state index contributed by atoms with van der Waals surface area (Å²) < 4.78 is 11.6. The van der Waals surface area contributed by atoms with E-state index in [0.717, 1.165) is 48.4 Å². The molecule has 1 heterocycles. The summed E-state index contributed by atoms with van der Waals surface area (Å²) in [5, 5.41) is 0. The smallest absolute Gasteiger partial charge is 0.162 e. The first-order valence-corrected chi connectivity index (χ1v) is 9.21. The van der Waals surface area contributed by atoms with E-state index in [1.54, 1.807) is 7.11 Å². The minimum atomic E-state index is -0.352. The van der Waals surface area contributed by atoms with Crippen LogP contribution in [0.25, 0.3) is 5.70 Å². The Kier molecular flexibility index (Phi) is 4.42. The van der Waals surface area contributed by atoms with Crippen molar-refractivity contribution in [2.75, 3.05) is 7.11 Å². The summed E-state index contributed by atoms with van der Waals surface area (Å²) in [6, 6.07) is 5.97. The van der Waals surface area contributed by atoms with Gasteiger partial charge in [0.2, 0.25) is 0 Å². The van der Waals surface area contributed by atoms with Gasteiger partial charge >= 0.3 is 0 Å². The molecule has 1 spiro atoms. The van der Waals surface area contributed by atoms with Crippen molar-refractivity contribution >= 4 is 11.5 Å². The summed E-state index contributed by atoms with van der Waals surface area (Å²) in [6.45, 7) is 0. The molecule has 25 heavy (non-hydrogen) atoms. The van der Waals surface area contributed by atoms with E-state index in [2.05, 4.69) is 11.6 Å². The minimum Gasteiger partial charge on any atom is -0.493 e. The van der Waals surface area contributed by atoms with Gasteiger partial charge in [-0.2, -0.15) is 0 Å². The minimum absolute atomic E-state index is 0.279. The number of hydrogen-bond acceptors (Lipinski definition) is 5. The zero-order valence-corrected chi connectivity index (χ0v) is 14.7.